The molecule has 0 saturated carbocycles. The monoisotopic (exact) mass is 497 g/mol. The van der Waals surface area contributed by atoms with Gasteiger partial charge in [0, 0.05) is 10.4 Å². The molecule has 0 unspecified atom stereocenters. The van der Waals surface area contributed by atoms with Crippen LogP contribution in [-0.4, -0.2) is 43.3 Å². The minimum atomic E-state index is -4.03. The molecule has 2 aromatic rings. The molecule has 0 aliphatic rings. The van der Waals surface area contributed by atoms with Gasteiger partial charge in [0.25, 0.3) is 0 Å². The predicted molar refractivity (Wildman–Crippen MR) is 128 cm³/mol. The van der Waals surface area contributed by atoms with E-state index in [2.05, 4.69) is 10.0 Å². The lowest BCUT2D eigenvalue weighted by atomic mass is 9.97. The minimum Gasteiger partial charge on any atom is -0.349 e. The van der Waals surface area contributed by atoms with E-state index in [1.54, 1.807) is 0 Å². The molecule has 0 aliphatic heterocycles. The fraction of sp³-hybridized carbons (Fsp3) is 0.478. The molecule has 2 rings (SSSR count). The molecular weight excluding hydrogens is 465 g/mol. The van der Waals surface area contributed by atoms with Gasteiger partial charge < -0.3 is 10.2 Å². The second-order valence-corrected chi connectivity index (χ2v) is 11.6. The quantitative estimate of drug-likeness (QED) is 0.497. The van der Waals surface area contributed by atoms with Gasteiger partial charge in [-0.25, -0.2) is 17.5 Å². The van der Waals surface area contributed by atoms with Gasteiger partial charge in [0.15, 0.2) is 0 Å². The minimum absolute atomic E-state index is 0.149. The van der Waals surface area contributed by atoms with Gasteiger partial charge in [0.1, 0.15) is 11.9 Å². The Morgan fingerprint density at radius 3 is 2.30 bits per heavy atom. The molecule has 1 aromatic heterocycles. The Bertz CT molecular complexity index is 1040. The molecule has 0 bridgehead atoms. The van der Waals surface area contributed by atoms with Crippen molar-refractivity contribution in [3.63, 3.8) is 0 Å². The van der Waals surface area contributed by atoms with Crippen molar-refractivity contribution in [3.8, 4) is 0 Å². The van der Waals surface area contributed by atoms with Crippen molar-refractivity contribution < 1.29 is 22.4 Å². The van der Waals surface area contributed by atoms with Crippen LogP contribution in [0.4, 0.5) is 4.39 Å². The van der Waals surface area contributed by atoms with Crippen LogP contribution in [0, 0.1) is 11.7 Å². The van der Waals surface area contributed by atoms with Gasteiger partial charge in [0.2, 0.25) is 21.8 Å². The molecule has 0 saturated heterocycles. The Morgan fingerprint density at radius 1 is 1.15 bits per heavy atom. The molecule has 182 valence electrons. The number of hydrogen-bond acceptors (Lipinski definition) is 5. The summed E-state index contributed by atoms with van der Waals surface area (Å²) >= 11 is 1.45. The number of thiophene rings is 1. The van der Waals surface area contributed by atoms with Crippen LogP contribution in [0.5, 0.6) is 0 Å². The average molecular weight is 498 g/mol. The summed E-state index contributed by atoms with van der Waals surface area (Å²) in [6.45, 7) is 9.12. The summed E-state index contributed by atoms with van der Waals surface area (Å²) in [5, 5.41) is 4.88. The fourth-order valence-corrected chi connectivity index (χ4v) is 4.84. The molecule has 1 atom stereocenters. The highest BCUT2D eigenvalue weighted by Crippen LogP contribution is 2.20. The van der Waals surface area contributed by atoms with E-state index in [1.165, 1.54) is 16.2 Å². The van der Waals surface area contributed by atoms with Crippen LogP contribution in [0.1, 0.15) is 45.9 Å². The van der Waals surface area contributed by atoms with E-state index in [9.17, 15) is 22.4 Å². The molecule has 2 amide bonds. The highest BCUT2D eigenvalue weighted by Gasteiger charge is 2.35. The Balaban J connectivity index is 2.28. The number of nitrogens with zero attached hydrogens (tertiary/aromatic N) is 1. The summed E-state index contributed by atoms with van der Waals surface area (Å²) in [5.74, 6) is -1.59. The van der Waals surface area contributed by atoms with E-state index in [0.29, 0.717) is 6.42 Å². The lowest BCUT2D eigenvalue weighted by Crippen LogP contribution is -2.57. The van der Waals surface area contributed by atoms with Crippen LogP contribution < -0.4 is 10.0 Å². The number of rotatable bonds is 11. The number of carbonyl (C=O) groups is 2. The van der Waals surface area contributed by atoms with Crippen molar-refractivity contribution in [2.75, 3.05) is 6.54 Å². The van der Waals surface area contributed by atoms with Crippen LogP contribution in [-0.2, 0) is 26.2 Å². The Kier molecular flexibility index (Phi) is 9.16. The van der Waals surface area contributed by atoms with Crippen LogP contribution in [0.25, 0.3) is 0 Å². The van der Waals surface area contributed by atoms with E-state index in [0.717, 1.165) is 29.1 Å². The van der Waals surface area contributed by atoms with Crippen molar-refractivity contribution in [1.29, 1.82) is 0 Å². The maximum absolute atomic E-state index is 13.3. The van der Waals surface area contributed by atoms with Crippen LogP contribution >= 0.6 is 11.3 Å². The van der Waals surface area contributed by atoms with Crippen molar-refractivity contribution in [2.45, 2.75) is 64.1 Å². The van der Waals surface area contributed by atoms with E-state index in [4.69, 9.17) is 0 Å². The van der Waals surface area contributed by atoms with Gasteiger partial charge >= 0.3 is 0 Å². The van der Waals surface area contributed by atoms with Crippen LogP contribution in [0.3, 0.4) is 0 Å². The summed E-state index contributed by atoms with van der Waals surface area (Å²) in [5.41, 5.74) is -0.452. The summed E-state index contributed by atoms with van der Waals surface area (Å²) in [4.78, 5) is 28.6. The molecule has 1 heterocycles. The van der Waals surface area contributed by atoms with Gasteiger partial charge in [-0.3, -0.25) is 9.59 Å². The first-order valence-electron chi connectivity index (χ1n) is 10.8. The molecule has 0 spiro atoms. The fourth-order valence-electron chi connectivity index (χ4n) is 3.17. The Labute approximate surface area is 199 Å². The molecule has 0 aliphatic carbocycles. The van der Waals surface area contributed by atoms with Gasteiger partial charge in [-0.05, 0) is 61.9 Å². The zero-order valence-corrected chi connectivity index (χ0v) is 21.2. The standard InChI is InChI=1S/C23H32FN3O4S2/c1-6-23(4,5)26-22(29)21(16(2)3)27(15-18-8-7-13-32-18)20(28)14-25-33(30,31)19-11-9-17(24)10-12-19/h7-13,16,21,25H,6,14-15H2,1-5H3,(H,26,29)/t21-/m0/s1. The highest BCUT2D eigenvalue weighted by molar-refractivity contribution is 7.89. The molecule has 0 fully saturated rings. The summed E-state index contributed by atoms with van der Waals surface area (Å²) in [6.07, 6.45) is 0.708. The second kappa shape index (κ2) is 11.2. The zero-order chi connectivity index (χ0) is 24.8. The van der Waals surface area contributed by atoms with Gasteiger partial charge in [-0.15, -0.1) is 11.3 Å². The predicted octanol–water partition coefficient (Wildman–Crippen LogP) is 3.52. The number of sulfonamides is 1. The van der Waals surface area contributed by atoms with Crippen molar-refractivity contribution in [3.05, 3.63) is 52.5 Å². The smallest absolute Gasteiger partial charge is 0.243 e. The molecule has 10 heteroatoms. The number of amides is 2. The second-order valence-electron chi connectivity index (χ2n) is 8.80. The summed E-state index contributed by atoms with van der Waals surface area (Å²) in [7, 11) is -4.03. The normalized spacial score (nSPS) is 13.1. The third-order valence-electron chi connectivity index (χ3n) is 5.35. The SMILES string of the molecule is CCC(C)(C)NC(=O)[C@H](C(C)C)N(Cc1cccs1)C(=O)CNS(=O)(=O)c1ccc(F)cc1. The summed E-state index contributed by atoms with van der Waals surface area (Å²) in [6, 6.07) is 7.25. The number of hydrogen-bond donors (Lipinski definition) is 2. The summed E-state index contributed by atoms with van der Waals surface area (Å²) < 4.78 is 40.6. The largest absolute Gasteiger partial charge is 0.349 e. The maximum Gasteiger partial charge on any atom is 0.243 e. The van der Waals surface area contributed by atoms with E-state index in [1.807, 2.05) is 52.1 Å². The van der Waals surface area contributed by atoms with Gasteiger partial charge in [-0.1, -0.05) is 26.8 Å². The van der Waals surface area contributed by atoms with E-state index in [-0.39, 0.29) is 23.3 Å². The highest BCUT2D eigenvalue weighted by atomic mass is 32.2. The molecule has 0 radical (unpaired) electrons. The van der Waals surface area contributed by atoms with Gasteiger partial charge in [-0.2, -0.15) is 0 Å². The third kappa shape index (κ3) is 7.62. The molecule has 7 nitrogen and oxygen atoms in total. The Hall–Kier alpha value is -2.30. The lowest BCUT2D eigenvalue weighted by Gasteiger charge is -2.36. The third-order valence-corrected chi connectivity index (χ3v) is 7.62. The average Bonchev–Trinajstić information content (AvgIpc) is 3.24. The van der Waals surface area contributed by atoms with Crippen molar-refractivity contribution in [2.24, 2.45) is 5.92 Å². The lowest BCUT2D eigenvalue weighted by molar-refractivity contribution is -0.142. The van der Waals surface area contributed by atoms with E-state index >= 15 is 0 Å². The molecule has 2 N–H and O–H groups in total. The number of nitrogens with one attached hydrogen (secondary N) is 2. The first-order chi connectivity index (χ1) is 15.4. The molecular formula is C23H32FN3O4S2. The van der Waals surface area contributed by atoms with E-state index < -0.39 is 39.9 Å². The first-order valence-corrected chi connectivity index (χ1v) is 13.1. The van der Waals surface area contributed by atoms with Crippen molar-refractivity contribution >= 4 is 33.2 Å². The Morgan fingerprint density at radius 2 is 1.79 bits per heavy atom. The number of halogens is 1. The maximum atomic E-state index is 13.3. The van der Waals surface area contributed by atoms with Crippen molar-refractivity contribution in [1.82, 2.24) is 14.9 Å². The van der Waals surface area contributed by atoms with Crippen LogP contribution in [0.2, 0.25) is 0 Å². The van der Waals surface area contributed by atoms with Gasteiger partial charge in [0.05, 0.1) is 18.0 Å². The number of carbonyl (C=O) groups excluding carboxylic acids is 2. The number of benzene rings is 1. The first kappa shape index (κ1) is 26.9. The molecule has 1 aromatic carbocycles. The molecule has 33 heavy (non-hydrogen) atoms. The topological polar surface area (TPSA) is 95.6 Å². The zero-order valence-electron chi connectivity index (χ0n) is 19.6. The van der Waals surface area contributed by atoms with Crippen LogP contribution in [0.15, 0.2) is 46.7 Å².